The Morgan fingerprint density at radius 1 is 1.06 bits per heavy atom. The minimum atomic E-state index is 0.620. The van der Waals surface area contributed by atoms with Crippen molar-refractivity contribution in [2.75, 3.05) is 13.6 Å². The molecule has 0 bridgehead atoms. The van der Waals surface area contributed by atoms with Gasteiger partial charge >= 0.3 is 0 Å². The van der Waals surface area contributed by atoms with Crippen LogP contribution in [-0.4, -0.2) is 30.6 Å². The maximum Gasteiger partial charge on any atom is 0.0218 e. The van der Waals surface area contributed by atoms with Gasteiger partial charge in [-0.1, -0.05) is 58.3 Å². The summed E-state index contributed by atoms with van der Waals surface area (Å²) < 4.78 is 0. The Morgan fingerprint density at radius 2 is 1.72 bits per heavy atom. The summed E-state index contributed by atoms with van der Waals surface area (Å²) in [6.45, 7) is 3.11. The van der Waals surface area contributed by atoms with Gasteiger partial charge < -0.3 is 5.73 Å². The van der Waals surface area contributed by atoms with E-state index in [1.165, 1.54) is 70.6 Å². The molecule has 0 heterocycles. The molecule has 0 spiro atoms. The highest BCUT2D eigenvalue weighted by atomic mass is 15.2. The monoisotopic (exact) mass is 254 g/mol. The van der Waals surface area contributed by atoms with E-state index < -0.39 is 0 Å². The highest BCUT2D eigenvalue weighted by Gasteiger charge is 2.23. The van der Waals surface area contributed by atoms with Gasteiger partial charge in [-0.3, -0.25) is 4.90 Å². The molecule has 0 aromatic rings. The second kappa shape index (κ2) is 9.80. The Balaban J connectivity index is 2.21. The molecule has 0 radical (unpaired) electrons. The van der Waals surface area contributed by atoms with Crippen LogP contribution < -0.4 is 5.73 Å². The molecule has 18 heavy (non-hydrogen) atoms. The standard InChI is InChI=1S/C16H34N2/c1-3-4-5-6-8-13-16(14-17)18(2)15-11-9-7-10-12-15/h15-16H,3-14,17H2,1-2H3. The van der Waals surface area contributed by atoms with Crippen LogP contribution in [0.15, 0.2) is 0 Å². The van der Waals surface area contributed by atoms with Crippen molar-refractivity contribution in [3.8, 4) is 0 Å². The van der Waals surface area contributed by atoms with Crippen LogP contribution in [0.25, 0.3) is 0 Å². The fraction of sp³-hybridized carbons (Fsp3) is 1.00. The zero-order valence-electron chi connectivity index (χ0n) is 12.7. The van der Waals surface area contributed by atoms with Crippen molar-refractivity contribution in [3.05, 3.63) is 0 Å². The van der Waals surface area contributed by atoms with E-state index in [1.807, 2.05) is 0 Å². The lowest BCUT2D eigenvalue weighted by molar-refractivity contribution is 0.132. The van der Waals surface area contributed by atoms with Gasteiger partial charge in [-0.25, -0.2) is 0 Å². The van der Waals surface area contributed by atoms with Gasteiger partial charge in [0, 0.05) is 18.6 Å². The summed E-state index contributed by atoms with van der Waals surface area (Å²) in [6, 6.07) is 1.43. The number of unbranched alkanes of at least 4 members (excludes halogenated alkanes) is 4. The third kappa shape index (κ3) is 5.71. The predicted molar refractivity (Wildman–Crippen MR) is 80.9 cm³/mol. The molecule has 0 saturated heterocycles. The van der Waals surface area contributed by atoms with Gasteiger partial charge in [0.05, 0.1) is 0 Å². The molecule has 1 atom stereocenters. The third-order valence-electron chi connectivity index (χ3n) is 4.64. The van der Waals surface area contributed by atoms with Gasteiger partial charge in [0.15, 0.2) is 0 Å². The first-order valence-electron chi connectivity index (χ1n) is 8.21. The molecule has 0 aromatic heterocycles. The predicted octanol–water partition coefficient (Wildman–Crippen LogP) is 3.94. The van der Waals surface area contributed by atoms with Crippen LogP contribution in [0.5, 0.6) is 0 Å². The van der Waals surface area contributed by atoms with Crippen LogP contribution in [0, 0.1) is 0 Å². The van der Waals surface area contributed by atoms with Crippen molar-refractivity contribution in [1.82, 2.24) is 4.90 Å². The van der Waals surface area contributed by atoms with Gasteiger partial charge in [0.1, 0.15) is 0 Å². The molecule has 108 valence electrons. The van der Waals surface area contributed by atoms with Gasteiger partial charge in [-0.15, -0.1) is 0 Å². The van der Waals surface area contributed by atoms with Crippen molar-refractivity contribution in [2.45, 2.75) is 89.6 Å². The molecule has 1 aliphatic carbocycles. The average Bonchev–Trinajstić information content (AvgIpc) is 2.43. The first kappa shape index (κ1) is 16.0. The van der Waals surface area contributed by atoms with Crippen molar-refractivity contribution < 1.29 is 0 Å². The fourth-order valence-corrected chi connectivity index (χ4v) is 3.26. The number of hydrogen-bond donors (Lipinski definition) is 1. The molecule has 2 heteroatoms. The quantitative estimate of drug-likeness (QED) is 0.632. The normalized spacial score (nSPS) is 19.3. The third-order valence-corrected chi connectivity index (χ3v) is 4.64. The molecule has 0 aromatic carbocycles. The van der Waals surface area contributed by atoms with E-state index in [0.717, 1.165) is 12.6 Å². The number of nitrogens with zero attached hydrogens (tertiary/aromatic N) is 1. The summed E-state index contributed by atoms with van der Waals surface area (Å²) in [4.78, 5) is 2.60. The molecule has 2 N–H and O–H groups in total. The number of likely N-dealkylation sites (N-methyl/N-ethyl adjacent to an activating group) is 1. The van der Waals surface area contributed by atoms with Crippen LogP contribution in [0.2, 0.25) is 0 Å². The van der Waals surface area contributed by atoms with E-state index in [4.69, 9.17) is 5.73 Å². The van der Waals surface area contributed by atoms with E-state index in [2.05, 4.69) is 18.9 Å². The Labute approximate surface area is 114 Å². The Bertz CT molecular complexity index is 188. The Kier molecular flexibility index (Phi) is 8.70. The molecular weight excluding hydrogens is 220 g/mol. The molecule has 0 amide bonds. The van der Waals surface area contributed by atoms with Gasteiger partial charge in [-0.05, 0) is 26.3 Å². The van der Waals surface area contributed by atoms with E-state index in [9.17, 15) is 0 Å². The molecule has 1 rings (SSSR count). The summed E-state index contributed by atoms with van der Waals surface area (Å²) >= 11 is 0. The second-order valence-electron chi connectivity index (χ2n) is 6.05. The zero-order valence-corrected chi connectivity index (χ0v) is 12.7. The van der Waals surface area contributed by atoms with Crippen molar-refractivity contribution in [1.29, 1.82) is 0 Å². The molecule has 1 saturated carbocycles. The topological polar surface area (TPSA) is 29.3 Å². The van der Waals surface area contributed by atoms with Crippen LogP contribution in [0.1, 0.15) is 77.6 Å². The van der Waals surface area contributed by atoms with Crippen LogP contribution in [-0.2, 0) is 0 Å². The SMILES string of the molecule is CCCCCCCC(CN)N(C)C1CCCCC1. The Hall–Kier alpha value is -0.0800. The van der Waals surface area contributed by atoms with Crippen molar-refractivity contribution >= 4 is 0 Å². The highest BCUT2D eigenvalue weighted by Crippen LogP contribution is 2.24. The molecular formula is C16H34N2. The van der Waals surface area contributed by atoms with E-state index in [1.54, 1.807) is 0 Å². The zero-order chi connectivity index (χ0) is 13.2. The van der Waals surface area contributed by atoms with Crippen LogP contribution >= 0.6 is 0 Å². The second-order valence-corrected chi connectivity index (χ2v) is 6.05. The largest absolute Gasteiger partial charge is 0.329 e. The molecule has 1 unspecified atom stereocenters. The fourth-order valence-electron chi connectivity index (χ4n) is 3.26. The number of rotatable bonds is 9. The molecule has 1 fully saturated rings. The van der Waals surface area contributed by atoms with Crippen molar-refractivity contribution in [3.63, 3.8) is 0 Å². The smallest absolute Gasteiger partial charge is 0.0218 e. The summed E-state index contributed by atoms with van der Waals surface area (Å²) in [6.07, 6.45) is 15.2. The summed E-state index contributed by atoms with van der Waals surface area (Å²) in [5.41, 5.74) is 5.98. The van der Waals surface area contributed by atoms with Crippen molar-refractivity contribution in [2.24, 2.45) is 5.73 Å². The summed E-state index contributed by atoms with van der Waals surface area (Å²) in [5, 5.41) is 0. The van der Waals surface area contributed by atoms with Crippen LogP contribution in [0.3, 0.4) is 0 Å². The lowest BCUT2D eigenvalue weighted by Crippen LogP contribution is -2.45. The molecule has 2 nitrogen and oxygen atoms in total. The van der Waals surface area contributed by atoms with Gasteiger partial charge in [0.2, 0.25) is 0 Å². The van der Waals surface area contributed by atoms with Gasteiger partial charge in [-0.2, -0.15) is 0 Å². The van der Waals surface area contributed by atoms with Crippen LogP contribution in [0.4, 0.5) is 0 Å². The first-order chi connectivity index (χ1) is 8.79. The average molecular weight is 254 g/mol. The van der Waals surface area contributed by atoms with E-state index in [-0.39, 0.29) is 0 Å². The lowest BCUT2D eigenvalue weighted by Gasteiger charge is -2.36. The molecule has 0 aliphatic heterocycles. The summed E-state index contributed by atoms with van der Waals surface area (Å²) in [7, 11) is 2.31. The Morgan fingerprint density at radius 3 is 2.33 bits per heavy atom. The maximum atomic E-state index is 5.98. The summed E-state index contributed by atoms with van der Waals surface area (Å²) in [5.74, 6) is 0. The van der Waals surface area contributed by atoms with E-state index in [0.29, 0.717) is 6.04 Å². The highest BCUT2D eigenvalue weighted by molar-refractivity contribution is 4.79. The first-order valence-corrected chi connectivity index (χ1v) is 8.21. The number of hydrogen-bond acceptors (Lipinski definition) is 2. The lowest BCUT2D eigenvalue weighted by atomic mass is 9.92. The molecule has 1 aliphatic rings. The van der Waals surface area contributed by atoms with E-state index >= 15 is 0 Å². The number of nitrogens with two attached hydrogens (primary N) is 1. The maximum absolute atomic E-state index is 5.98. The minimum Gasteiger partial charge on any atom is -0.329 e. The minimum absolute atomic E-state index is 0.620. The van der Waals surface area contributed by atoms with Gasteiger partial charge in [0.25, 0.3) is 0 Å².